The fourth-order valence-electron chi connectivity index (χ4n) is 1.37. The van der Waals surface area contributed by atoms with Crippen molar-refractivity contribution in [3.8, 4) is 10.6 Å². The zero-order valence-corrected chi connectivity index (χ0v) is 9.41. The first kappa shape index (κ1) is 10.6. The minimum absolute atomic E-state index is 0.233. The van der Waals surface area contributed by atoms with Crippen molar-refractivity contribution in [1.29, 1.82) is 0 Å². The van der Waals surface area contributed by atoms with Crippen molar-refractivity contribution >= 4 is 23.0 Å². The van der Waals surface area contributed by atoms with Crippen LogP contribution in [0.5, 0.6) is 0 Å². The number of carboxylic acids is 1. The van der Waals surface area contributed by atoms with Crippen LogP contribution in [0.25, 0.3) is 10.6 Å². The third-order valence-electron chi connectivity index (χ3n) is 2.21. The lowest BCUT2D eigenvalue weighted by atomic mass is 10.1. The molecule has 0 fully saturated rings. The lowest BCUT2D eigenvalue weighted by molar-refractivity contribution is 0.0702. The van der Waals surface area contributed by atoms with Crippen LogP contribution in [0.4, 0.5) is 5.69 Å². The van der Waals surface area contributed by atoms with Crippen LogP contribution in [-0.4, -0.2) is 16.1 Å². The van der Waals surface area contributed by atoms with Crippen LogP contribution >= 0.6 is 11.3 Å². The molecule has 0 saturated carbocycles. The average molecular weight is 234 g/mol. The van der Waals surface area contributed by atoms with Gasteiger partial charge in [0.2, 0.25) is 0 Å². The Kier molecular flexibility index (Phi) is 2.62. The molecule has 1 aromatic carbocycles. The third-order valence-corrected chi connectivity index (χ3v) is 3.23. The van der Waals surface area contributed by atoms with E-state index in [4.69, 9.17) is 10.8 Å². The highest BCUT2D eigenvalue weighted by molar-refractivity contribution is 7.16. The molecule has 1 heterocycles. The molecule has 0 saturated heterocycles. The summed E-state index contributed by atoms with van der Waals surface area (Å²) in [5.74, 6) is -0.953. The van der Waals surface area contributed by atoms with Crippen LogP contribution in [0.1, 0.15) is 15.2 Å². The predicted molar refractivity (Wildman–Crippen MR) is 63.7 cm³/mol. The second-order valence-corrected chi connectivity index (χ2v) is 4.44. The average Bonchev–Trinajstić information content (AvgIpc) is 2.70. The molecule has 3 N–H and O–H groups in total. The quantitative estimate of drug-likeness (QED) is 0.782. The first-order chi connectivity index (χ1) is 7.58. The monoisotopic (exact) mass is 234 g/mol. The van der Waals surface area contributed by atoms with Gasteiger partial charge in [0.25, 0.3) is 0 Å². The molecular formula is C11H10N2O2S. The summed E-state index contributed by atoms with van der Waals surface area (Å²) in [4.78, 5) is 15.1. The van der Waals surface area contributed by atoms with Gasteiger partial charge in [-0.15, -0.1) is 11.3 Å². The molecule has 16 heavy (non-hydrogen) atoms. The molecule has 2 aromatic rings. The first-order valence-corrected chi connectivity index (χ1v) is 5.45. The number of rotatable bonds is 2. The number of aromatic nitrogens is 1. The summed E-state index contributed by atoms with van der Waals surface area (Å²) in [5.41, 5.74) is 8.25. The van der Waals surface area contributed by atoms with Gasteiger partial charge in [0.1, 0.15) is 9.88 Å². The molecule has 0 spiro atoms. The maximum Gasteiger partial charge on any atom is 0.347 e. The summed E-state index contributed by atoms with van der Waals surface area (Å²) in [5, 5.41) is 9.50. The van der Waals surface area contributed by atoms with Crippen molar-refractivity contribution in [3.05, 3.63) is 34.8 Å². The van der Waals surface area contributed by atoms with Gasteiger partial charge in [-0.1, -0.05) is 6.07 Å². The number of hydrogen-bond donors (Lipinski definition) is 2. The number of hydrogen-bond acceptors (Lipinski definition) is 4. The van der Waals surface area contributed by atoms with E-state index >= 15 is 0 Å². The number of aryl methyl sites for hydroxylation is 1. The molecule has 0 radical (unpaired) electrons. The molecule has 82 valence electrons. The van der Waals surface area contributed by atoms with Crippen molar-refractivity contribution < 1.29 is 9.90 Å². The summed E-state index contributed by atoms with van der Waals surface area (Å²) in [6, 6.07) is 5.51. The molecule has 0 aliphatic carbocycles. The summed E-state index contributed by atoms with van der Waals surface area (Å²) in [6.07, 6.45) is 1.37. The zero-order valence-electron chi connectivity index (χ0n) is 8.60. The Labute approximate surface area is 96.4 Å². The van der Waals surface area contributed by atoms with E-state index < -0.39 is 5.97 Å². The van der Waals surface area contributed by atoms with Gasteiger partial charge in [-0.05, 0) is 24.6 Å². The van der Waals surface area contributed by atoms with Gasteiger partial charge in [-0.3, -0.25) is 0 Å². The number of benzene rings is 1. The second kappa shape index (κ2) is 3.94. The maximum absolute atomic E-state index is 10.7. The highest BCUT2D eigenvalue weighted by atomic mass is 32.1. The fourth-order valence-corrected chi connectivity index (χ4v) is 2.20. The molecule has 0 amide bonds. The van der Waals surface area contributed by atoms with E-state index in [2.05, 4.69) is 4.98 Å². The first-order valence-electron chi connectivity index (χ1n) is 4.63. The summed E-state index contributed by atoms with van der Waals surface area (Å²) in [7, 11) is 0. The molecule has 5 heteroatoms. The van der Waals surface area contributed by atoms with Crippen LogP contribution in [0.2, 0.25) is 0 Å². The Hall–Kier alpha value is -1.88. The molecule has 0 atom stereocenters. The van der Waals surface area contributed by atoms with E-state index in [1.54, 1.807) is 6.07 Å². The Morgan fingerprint density at radius 1 is 1.50 bits per heavy atom. The number of nitrogen functional groups attached to an aromatic ring is 1. The summed E-state index contributed by atoms with van der Waals surface area (Å²) < 4.78 is 0. The maximum atomic E-state index is 10.7. The minimum atomic E-state index is -0.953. The number of nitrogens with zero attached hydrogens (tertiary/aromatic N) is 1. The topological polar surface area (TPSA) is 76.2 Å². The molecule has 0 aliphatic heterocycles. The highest BCUT2D eigenvalue weighted by Gasteiger charge is 2.11. The van der Waals surface area contributed by atoms with Gasteiger partial charge >= 0.3 is 5.97 Å². The van der Waals surface area contributed by atoms with Crippen molar-refractivity contribution in [2.45, 2.75) is 6.92 Å². The van der Waals surface area contributed by atoms with Gasteiger partial charge in [0, 0.05) is 11.3 Å². The van der Waals surface area contributed by atoms with Gasteiger partial charge < -0.3 is 10.8 Å². The van der Waals surface area contributed by atoms with Crippen molar-refractivity contribution in [2.24, 2.45) is 0 Å². The smallest absolute Gasteiger partial charge is 0.347 e. The van der Waals surface area contributed by atoms with Gasteiger partial charge in [-0.25, -0.2) is 9.78 Å². The van der Waals surface area contributed by atoms with Crippen LogP contribution in [-0.2, 0) is 0 Å². The van der Waals surface area contributed by atoms with E-state index in [1.165, 1.54) is 6.20 Å². The lowest BCUT2D eigenvalue weighted by Crippen LogP contribution is -1.89. The van der Waals surface area contributed by atoms with E-state index in [0.29, 0.717) is 10.7 Å². The molecule has 0 bridgehead atoms. The highest BCUT2D eigenvalue weighted by Crippen LogP contribution is 2.29. The van der Waals surface area contributed by atoms with Crippen molar-refractivity contribution in [1.82, 2.24) is 4.98 Å². The van der Waals surface area contributed by atoms with Gasteiger partial charge in [0.05, 0.1) is 6.20 Å². The third kappa shape index (κ3) is 1.90. The normalized spacial score (nSPS) is 10.3. The Morgan fingerprint density at radius 2 is 2.25 bits per heavy atom. The van der Waals surface area contributed by atoms with Gasteiger partial charge in [-0.2, -0.15) is 0 Å². The van der Waals surface area contributed by atoms with Crippen LogP contribution in [0, 0.1) is 6.92 Å². The standard InChI is InChI=1S/C11H10N2O2S/c1-6-2-3-7(12)4-8(6)10-13-5-9(16-10)11(14)15/h2-5H,12H2,1H3,(H,14,15). The summed E-state index contributed by atoms with van der Waals surface area (Å²) in [6.45, 7) is 1.94. The minimum Gasteiger partial charge on any atom is -0.477 e. The second-order valence-electron chi connectivity index (χ2n) is 3.41. The Balaban J connectivity index is 2.50. The molecule has 0 aliphatic rings. The molecule has 4 nitrogen and oxygen atoms in total. The van der Waals surface area contributed by atoms with Crippen LogP contribution in [0.3, 0.4) is 0 Å². The van der Waals surface area contributed by atoms with Crippen molar-refractivity contribution in [3.63, 3.8) is 0 Å². The number of aromatic carboxylic acids is 1. The number of thiazole rings is 1. The number of anilines is 1. The molecular weight excluding hydrogens is 224 g/mol. The van der Waals surface area contributed by atoms with E-state index in [9.17, 15) is 4.79 Å². The SMILES string of the molecule is Cc1ccc(N)cc1-c1ncc(C(=O)O)s1. The Bertz CT molecular complexity index is 549. The van der Waals surface area contributed by atoms with Crippen molar-refractivity contribution in [2.75, 3.05) is 5.73 Å². The number of nitrogens with two attached hydrogens (primary N) is 1. The largest absolute Gasteiger partial charge is 0.477 e. The van der Waals surface area contributed by atoms with E-state index in [-0.39, 0.29) is 4.88 Å². The van der Waals surface area contributed by atoms with E-state index in [0.717, 1.165) is 22.5 Å². The lowest BCUT2D eigenvalue weighted by Gasteiger charge is -2.02. The number of carbonyl (C=O) groups is 1. The summed E-state index contributed by atoms with van der Waals surface area (Å²) >= 11 is 1.15. The molecule has 1 aromatic heterocycles. The van der Waals surface area contributed by atoms with Crippen LogP contribution in [0.15, 0.2) is 24.4 Å². The predicted octanol–water partition coefficient (Wildman–Crippen LogP) is 2.40. The number of carboxylic acid groups (broad SMARTS) is 1. The van der Waals surface area contributed by atoms with Crippen LogP contribution < -0.4 is 5.73 Å². The zero-order chi connectivity index (χ0) is 11.7. The molecule has 0 unspecified atom stereocenters. The molecule has 2 rings (SSSR count). The van der Waals surface area contributed by atoms with E-state index in [1.807, 2.05) is 19.1 Å². The van der Waals surface area contributed by atoms with Gasteiger partial charge in [0.15, 0.2) is 0 Å². The fraction of sp³-hybridized carbons (Fsp3) is 0.0909. The Morgan fingerprint density at radius 3 is 2.88 bits per heavy atom.